The zero-order valence-corrected chi connectivity index (χ0v) is 13.0. The Kier molecular flexibility index (Phi) is 5.71. The van der Waals surface area contributed by atoms with Gasteiger partial charge in [-0.25, -0.2) is 0 Å². The van der Waals surface area contributed by atoms with Gasteiger partial charge in [-0.15, -0.1) is 0 Å². The Hall–Kier alpha value is -1.69. The molecule has 1 heterocycles. The van der Waals surface area contributed by atoms with Gasteiger partial charge in [-0.05, 0) is 44.6 Å². The number of hydrogen-bond acceptors (Lipinski definition) is 3. The van der Waals surface area contributed by atoms with Gasteiger partial charge in [0.25, 0.3) is 5.91 Å². The highest BCUT2D eigenvalue weighted by Crippen LogP contribution is 2.19. The predicted molar refractivity (Wildman–Crippen MR) is 80.3 cm³/mol. The van der Waals surface area contributed by atoms with Gasteiger partial charge < -0.3 is 14.5 Å². The minimum Gasteiger partial charge on any atom is -0.435 e. The number of piperidine rings is 1. The number of nitrogens with zero attached hydrogens (tertiary/aromatic N) is 2. The van der Waals surface area contributed by atoms with Crippen LogP contribution >= 0.6 is 0 Å². The van der Waals surface area contributed by atoms with E-state index >= 15 is 0 Å². The van der Waals surface area contributed by atoms with Crippen LogP contribution in [0.25, 0.3) is 0 Å². The van der Waals surface area contributed by atoms with Gasteiger partial charge in [0.1, 0.15) is 5.75 Å². The van der Waals surface area contributed by atoms with Crippen molar-refractivity contribution >= 4 is 5.91 Å². The number of likely N-dealkylation sites (N-methyl/N-ethyl adjacent to an activating group) is 2. The van der Waals surface area contributed by atoms with Gasteiger partial charge in [-0.1, -0.05) is 12.5 Å². The summed E-state index contributed by atoms with van der Waals surface area (Å²) in [6.45, 7) is -1.21. The van der Waals surface area contributed by atoms with Crippen molar-refractivity contribution in [2.75, 3.05) is 27.2 Å². The fourth-order valence-corrected chi connectivity index (χ4v) is 2.80. The average Bonchev–Trinajstić information content (AvgIpc) is 2.48. The van der Waals surface area contributed by atoms with E-state index in [0.717, 1.165) is 13.0 Å². The molecule has 0 aliphatic carbocycles. The molecule has 0 spiro atoms. The monoisotopic (exact) mass is 312 g/mol. The molecule has 122 valence electrons. The van der Waals surface area contributed by atoms with Crippen LogP contribution in [0.1, 0.15) is 29.6 Å². The molecule has 1 aromatic carbocycles. The molecule has 1 aromatic rings. The summed E-state index contributed by atoms with van der Waals surface area (Å²) in [6, 6.07) is 6.28. The predicted octanol–water partition coefficient (Wildman–Crippen LogP) is 2.84. The number of ether oxygens (including phenoxy) is 1. The molecular formula is C16H22F2N2O2. The number of amides is 1. The SMILES string of the molecule is CN(C[C@@H]1CCCCN1C)C(=O)c1cccc(OC(F)F)c1. The van der Waals surface area contributed by atoms with Crippen LogP contribution in [0.2, 0.25) is 0 Å². The molecule has 2 rings (SSSR count). The summed E-state index contributed by atoms with van der Waals surface area (Å²) in [7, 11) is 3.81. The van der Waals surface area contributed by atoms with Crippen molar-refractivity contribution in [1.82, 2.24) is 9.80 Å². The number of likely N-dealkylation sites (tertiary alicyclic amines) is 1. The standard InChI is InChI=1S/C16H22F2N2O2/c1-19-9-4-3-7-13(19)11-20(2)15(21)12-6-5-8-14(10-12)22-16(17)18/h5-6,8,10,13,16H,3-4,7,9,11H2,1-2H3/t13-/m0/s1. The number of hydrogen-bond donors (Lipinski definition) is 0. The molecule has 1 saturated heterocycles. The lowest BCUT2D eigenvalue weighted by atomic mass is 10.0. The highest BCUT2D eigenvalue weighted by atomic mass is 19.3. The number of alkyl halides is 2. The van der Waals surface area contributed by atoms with Crippen molar-refractivity contribution in [3.05, 3.63) is 29.8 Å². The van der Waals surface area contributed by atoms with Crippen LogP contribution in [0.5, 0.6) is 5.75 Å². The van der Waals surface area contributed by atoms with Gasteiger partial charge in [-0.3, -0.25) is 4.79 Å². The normalized spacial score (nSPS) is 19.2. The Morgan fingerprint density at radius 3 is 2.91 bits per heavy atom. The Labute approximate surface area is 129 Å². The average molecular weight is 312 g/mol. The quantitative estimate of drug-likeness (QED) is 0.838. The zero-order chi connectivity index (χ0) is 16.1. The number of rotatable bonds is 5. The van der Waals surface area contributed by atoms with E-state index in [1.54, 1.807) is 24.1 Å². The molecule has 0 aromatic heterocycles. The number of benzene rings is 1. The molecule has 0 N–H and O–H groups in total. The second-order valence-corrected chi connectivity index (χ2v) is 5.72. The van der Waals surface area contributed by atoms with Crippen LogP contribution in [0.15, 0.2) is 24.3 Å². The van der Waals surface area contributed by atoms with E-state index in [9.17, 15) is 13.6 Å². The van der Waals surface area contributed by atoms with Gasteiger partial charge in [0, 0.05) is 25.2 Å². The Bertz CT molecular complexity index is 511. The van der Waals surface area contributed by atoms with Crippen molar-refractivity contribution in [2.24, 2.45) is 0 Å². The minimum absolute atomic E-state index is 0.00374. The molecule has 1 fully saturated rings. The molecule has 1 aliphatic rings. The molecule has 22 heavy (non-hydrogen) atoms. The van der Waals surface area contributed by atoms with E-state index in [1.807, 2.05) is 0 Å². The lowest BCUT2D eigenvalue weighted by molar-refractivity contribution is -0.0499. The molecule has 0 bridgehead atoms. The number of carbonyl (C=O) groups is 1. The number of carbonyl (C=O) groups excluding carboxylic acids is 1. The highest BCUT2D eigenvalue weighted by molar-refractivity contribution is 5.94. The first-order valence-electron chi connectivity index (χ1n) is 7.48. The van der Waals surface area contributed by atoms with E-state index in [2.05, 4.69) is 16.7 Å². The van der Waals surface area contributed by atoms with Crippen molar-refractivity contribution in [2.45, 2.75) is 31.9 Å². The molecule has 0 unspecified atom stereocenters. The van der Waals surface area contributed by atoms with Crippen LogP contribution < -0.4 is 4.74 Å². The second-order valence-electron chi connectivity index (χ2n) is 5.72. The Morgan fingerprint density at radius 2 is 2.23 bits per heavy atom. The van der Waals surface area contributed by atoms with Crippen molar-refractivity contribution in [3.8, 4) is 5.75 Å². The van der Waals surface area contributed by atoms with Gasteiger partial charge in [0.05, 0.1) is 0 Å². The summed E-state index contributed by atoms with van der Waals surface area (Å²) in [6.07, 6.45) is 3.44. The lowest BCUT2D eigenvalue weighted by Gasteiger charge is -2.35. The third-order valence-electron chi connectivity index (χ3n) is 4.06. The van der Waals surface area contributed by atoms with E-state index < -0.39 is 6.61 Å². The molecule has 1 atom stereocenters. The fourth-order valence-electron chi connectivity index (χ4n) is 2.80. The largest absolute Gasteiger partial charge is 0.435 e. The van der Waals surface area contributed by atoms with E-state index in [0.29, 0.717) is 18.2 Å². The summed E-state index contributed by atoms with van der Waals surface area (Å²) < 4.78 is 28.8. The van der Waals surface area contributed by atoms with Crippen LogP contribution in [0, 0.1) is 0 Å². The topological polar surface area (TPSA) is 32.8 Å². The number of halogens is 2. The second kappa shape index (κ2) is 7.54. The van der Waals surface area contributed by atoms with E-state index in [1.165, 1.54) is 25.0 Å². The molecule has 0 radical (unpaired) electrons. The van der Waals surface area contributed by atoms with Crippen molar-refractivity contribution in [1.29, 1.82) is 0 Å². The maximum Gasteiger partial charge on any atom is 0.387 e. The summed E-state index contributed by atoms with van der Waals surface area (Å²) in [5, 5.41) is 0. The van der Waals surface area contributed by atoms with E-state index in [4.69, 9.17) is 0 Å². The van der Waals surface area contributed by atoms with Crippen LogP contribution in [-0.2, 0) is 0 Å². The fraction of sp³-hybridized carbons (Fsp3) is 0.562. The molecular weight excluding hydrogens is 290 g/mol. The summed E-state index contributed by atoms with van der Waals surface area (Å²) in [5.41, 5.74) is 0.360. The third-order valence-corrected chi connectivity index (χ3v) is 4.06. The molecule has 1 amide bonds. The molecule has 6 heteroatoms. The maximum atomic E-state index is 12.4. The molecule has 0 saturated carbocycles. The van der Waals surface area contributed by atoms with Gasteiger partial charge in [0.2, 0.25) is 0 Å². The zero-order valence-electron chi connectivity index (χ0n) is 13.0. The molecule has 1 aliphatic heterocycles. The van der Waals surface area contributed by atoms with Crippen LogP contribution in [-0.4, -0.2) is 55.5 Å². The first kappa shape index (κ1) is 16.7. The first-order chi connectivity index (χ1) is 10.5. The Balaban J connectivity index is 2.00. The summed E-state index contributed by atoms with van der Waals surface area (Å²) in [5.74, 6) is -0.178. The van der Waals surface area contributed by atoms with Gasteiger partial charge in [0.15, 0.2) is 0 Å². The maximum absolute atomic E-state index is 12.4. The minimum atomic E-state index is -2.89. The van der Waals surface area contributed by atoms with Crippen LogP contribution in [0.3, 0.4) is 0 Å². The van der Waals surface area contributed by atoms with Gasteiger partial charge >= 0.3 is 6.61 Å². The highest BCUT2D eigenvalue weighted by Gasteiger charge is 2.23. The van der Waals surface area contributed by atoms with Crippen LogP contribution in [0.4, 0.5) is 8.78 Å². The Morgan fingerprint density at radius 1 is 1.45 bits per heavy atom. The molecule has 4 nitrogen and oxygen atoms in total. The van der Waals surface area contributed by atoms with E-state index in [-0.39, 0.29) is 11.7 Å². The van der Waals surface area contributed by atoms with Crippen molar-refractivity contribution < 1.29 is 18.3 Å². The lowest BCUT2D eigenvalue weighted by Crippen LogP contribution is -2.45. The van der Waals surface area contributed by atoms with Gasteiger partial charge in [-0.2, -0.15) is 8.78 Å². The summed E-state index contributed by atoms with van der Waals surface area (Å²) >= 11 is 0. The smallest absolute Gasteiger partial charge is 0.387 e. The third kappa shape index (κ3) is 4.40. The summed E-state index contributed by atoms with van der Waals surface area (Å²) in [4.78, 5) is 16.3. The first-order valence-corrected chi connectivity index (χ1v) is 7.48. The van der Waals surface area contributed by atoms with Crippen molar-refractivity contribution in [3.63, 3.8) is 0 Å².